The Balaban J connectivity index is 1.96. The van der Waals surface area contributed by atoms with E-state index in [1.54, 1.807) is 0 Å². The summed E-state index contributed by atoms with van der Waals surface area (Å²) >= 11 is 0. The number of aryl methyl sites for hydroxylation is 1. The fourth-order valence-electron chi connectivity index (χ4n) is 1.66. The van der Waals surface area contributed by atoms with Crippen LogP contribution >= 0.6 is 0 Å². The summed E-state index contributed by atoms with van der Waals surface area (Å²) < 4.78 is 1.94. The van der Waals surface area contributed by atoms with E-state index in [1.807, 2.05) is 42.8 Å². The highest BCUT2D eigenvalue weighted by Gasteiger charge is 2.04. The summed E-state index contributed by atoms with van der Waals surface area (Å²) in [6.45, 7) is 4.01. The van der Waals surface area contributed by atoms with E-state index in [4.69, 9.17) is 0 Å². The van der Waals surface area contributed by atoms with Gasteiger partial charge in [0.05, 0.1) is 6.54 Å². The Morgan fingerprint density at radius 3 is 2.37 bits per heavy atom. The quantitative estimate of drug-likeness (QED) is 0.876. The minimum Gasteiger partial charge on any atom is -0.378 e. The average molecular weight is 259 g/mol. The molecule has 0 aliphatic carbocycles. The third-order valence-electron chi connectivity index (χ3n) is 2.84. The maximum Gasteiger partial charge on any atom is 0.221 e. The van der Waals surface area contributed by atoms with Crippen LogP contribution in [-0.2, 0) is 18.4 Å². The lowest BCUT2D eigenvalue weighted by Crippen LogP contribution is -2.07. The number of anilines is 2. The molecule has 1 heterocycles. The molecule has 1 aromatic heterocycles. The Morgan fingerprint density at radius 2 is 1.84 bits per heavy atom. The molecule has 2 aromatic rings. The summed E-state index contributed by atoms with van der Waals surface area (Å²) in [7, 11) is 1.94. The summed E-state index contributed by atoms with van der Waals surface area (Å²) in [5, 5.41) is 14.1. The molecular weight excluding hydrogens is 242 g/mol. The van der Waals surface area contributed by atoms with Gasteiger partial charge in [-0.05, 0) is 31.2 Å². The van der Waals surface area contributed by atoms with Crippen LogP contribution in [0.5, 0.6) is 0 Å². The molecule has 0 atom stereocenters. The van der Waals surface area contributed by atoms with Gasteiger partial charge in [-0.15, -0.1) is 10.2 Å². The van der Waals surface area contributed by atoms with Crippen molar-refractivity contribution in [2.45, 2.75) is 20.4 Å². The number of nitrogens with zero attached hydrogens (tertiary/aromatic N) is 3. The van der Waals surface area contributed by atoms with Crippen molar-refractivity contribution in [2.75, 3.05) is 10.6 Å². The highest BCUT2D eigenvalue weighted by atomic mass is 16.1. The number of carbonyl (C=O) groups is 1. The first kappa shape index (κ1) is 13.1. The SMILES string of the molecule is CC(=O)Nc1ccc(NCc2nnc(C)n2C)cc1. The van der Waals surface area contributed by atoms with Gasteiger partial charge < -0.3 is 15.2 Å². The van der Waals surface area contributed by atoms with Crippen LogP contribution in [0.3, 0.4) is 0 Å². The number of amides is 1. The number of nitrogens with one attached hydrogen (secondary N) is 2. The highest BCUT2D eigenvalue weighted by molar-refractivity contribution is 5.88. The summed E-state index contributed by atoms with van der Waals surface area (Å²) in [6, 6.07) is 7.53. The van der Waals surface area contributed by atoms with Crippen LogP contribution in [0, 0.1) is 6.92 Å². The molecule has 1 aromatic carbocycles. The van der Waals surface area contributed by atoms with E-state index in [0.29, 0.717) is 6.54 Å². The molecule has 6 heteroatoms. The molecule has 0 fully saturated rings. The van der Waals surface area contributed by atoms with Gasteiger partial charge in [-0.1, -0.05) is 0 Å². The van der Waals surface area contributed by atoms with Gasteiger partial charge in [0, 0.05) is 25.3 Å². The van der Waals surface area contributed by atoms with Gasteiger partial charge in [0.15, 0.2) is 5.82 Å². The third kappa shape index (κ3) is 3.31. The van der Waals surface area contributed by atoms with Gasteiger partial charge in [-0.3, -0.25) is 4.79 Å². The molecule has 2 rings (SSSR count). The Labute approximate surface area is 111 Å². The van der Waals surface area contributed by atoms with E-state index in [2.05, 4.69) is 20.8 Å². The molecular formula is C13H17N5O. The average Bonchev–Trinajstić information content (AvgIpc) is 2.69. The van der Waals surface area contributed by atoms with Crippen LogP contribution in [0.1, 0.15) is 18.6 Å². The van der Waals surface area contributed by atoms with Gasteiger partial charge in [0.2, 0.25) is 5.91 Å². The Morgan fingerprint density at radius 1 is 1.21 bits per heavy atom. The third-order valence-corrected chi connectivity index (χ3v) is 2.84. The topological polar surface area (TPSA) is 71.8 Å². The Hall–Kier alpha value is -2.37. The second-order valence-electron chi connectivity index (χ2n) is 4.33. The molecule has 19 heavy (non-hydrogen) atoms. The first-order chi connectivity index (χ1) is 9.06. The van der Waals surface area contributed by atoms with Crippen LogP contribution in [0.15, 0.2) is 24.3 Å². The number of carbonyl (C=O) groups excluding carboxylic acids is 1. The number of hydrogen-bond acceptors (Lipinski definition) is 4. The van der Waals surface area contributed by atoms with E-state index in [9.17, 15) is 4.79 Å². The number of benzene rings is 1. The van der Waals surface area contributed by atoms with Gasteiger partial charge in [-0.2, -0.15) is 0 Å². The molecule has 1 amide bonds. The van der Waals surface area contributed by atoms with Crippen LogP contribution in [0.25, 0.3) is 0 Å². The molecule has 0 unspecified atom stereocenters. The summed E-state index contributed by atoms with van der Waals surface area (Å²) in [4.78, 5) is 10.9. The van der Waals surface area contributed by atoms with E-state index >= 15 is 0 Å². The molecule has 2 N–H and O–H groups in total. The standard InChI is InChI=1S/C13H17N5O/c1-9-16-17-13(18(9)3)8-14-11-4-6-12(7-5-11)15-10(2)19/h4-7,14H,8H2,1-3H3,(H,15,19). The maximum atomic E-state index is 10.9. The molecule has 0 bridgehead atoms. The predicted molar refractivity (Wildman–Crippen MR) is 73.8 cm³/mol. The minimum atomic E-state index is -0.0738. The van der Waals surface area contributed by atoms with Crippen LogP contribution in [0.4, 0.5) is 11.4 Å². The first-order valence-corrected chi connectivity index (χ1v) is 6.02. The molecule has 0 radical (unpaired) electrons. The lowest BCUT2D eigenvalue weighted by molar-refractivity contribution is -0.114. The van der Waals surface area contributed by atoms with Crippen LogP contribution in [-0.4, -0.2) is 20.7 Å². The maximum absolute atomic E-state index is 10.9. The summed E-state index contributed by atoms with van der Waals surface area (Å²) in [5.41, 5.74) is 1.75. The monoisotopic (exact) mass is 259 g/mol. The first-order valence-electron chi connectivity index (χ1n) is 6.02. The van der Waals surface area contributed by atoms with Crippen LogP contribution in [0.2, 0.25) is 0 Å². The molecule has 0 aliphatic rings. The van der Waals surface area contributed by atoms with E-state index in [0.717, 1.165) is 23.0 Å². The van der Waals surface area contributed by atoms with E-state index < -0.39 is 0 Å². The van der Waals surface area contributed by atoms with Crippen molar-refractivity contribution in [3.05, 3.63) is 35.9 Å². The van der Waals surface area contributed by atoms with Crippen LogP contribution < -0.4 is 10.6 Å². The molecule has 0 saturated heterocycles. The summed E-state index contributed by atoms with van der Waals surface area (Å²) in [6.07, 6.45) is 0. The highest BCUT2D eigenvalue weighted by Crippen LogP contribution is 2.14. The van der Waals surface area contributed by atoms with E-state index in [-0.39, 0.29) is 5.91 Å². The number of rotatable bonds is 4. The normalized spacial score (nSPS) is 10.3. The lowest BCUT2D eigenvalue weighted by atomic mass is 10.2. The second kappa shape index (κ2) is 5.51. The zero-order valence-electron chi connectivity index (χ0n) is 11.3. The molecule has 0 saturated carbocycles. The fourth-order valence-corrected chi connectivity index (χ4v) is 1.66. The largest absolute Gasteiger partial charge is 0.378 e. The van der Waals surface area contributed by atoms with Gasteiger partial charge >= 0.3 is 0 Å². The van der Waals surface area contributed by atoms with Crippen molar-refractivity contribution in [1.82, 2.24) is 14.8 Å². The predicted octanol–water partition coefficient (Wildman–Crippen LogP) is 1.69. The van der Waals surface area contributed by atoms with Gasteiger partial charge in [0.25, 0.3) is 0 Å². The minimum absolute atomic E-state index is 0.0738. The van der Waals surface area contributed by atoms with Crippen molar-refractivity contribution < 1.29 is 4.79 Å². The molecule has 100 valence electrons. The van der Waals surface area contributed by atoms with Crippen molar-refractivity contribution in [2.24, 2.45) is 7.05 Å². The number of aromatic nitrogens is 3. The molecule has 0 spiro atoms. The second-order valence-corrected chi connectivity index (χ2v) is 4.33. The van der Waals surface area contributed by atoms with Crippen molar-refractivity contribution in [3.63, 3.8) is 0 Å². The zero-order chi connectivity index (χ0) is 13.8. The van der Waals surface area contributed by atoms with Crippen molar-refractivity contribution >= 4 is 17.3 Å². The summed E-state index contributed by atoms with van der Waals surface area (Å²) in [5.74, 6) is 1.69. The lowest BCUT2D eigenvalue weighted by Gasteiger charge is -2.07. The van der Waals surface area contributed by atoms with Gasteiger partial charge in [-0.25, -0.2) is 0 Å². The zero-order valence-corrected chi connectivity index (χ0v) is 11.3. The smallest absolute Gasteiger partial charge is 0.221 e. The Kier molecular flexibility index (Phi) is 3.79. The Bertz CT molecular complexity index is 573. The van der Waals surface area contributed by atoms with Gasteiger partial charge in [0.1, 0.15) is 5.82 Å². The fraction of sp³-hybridized carbons (Fsp3) is 0.308. The molecule has 6 nitrogen and oxygen atoms in total. The van der Waals surface area contributed by atoms with Crippen molar-refractivity contribution in [3.8, 4) is 0 Å². The number of hydrogen-bond donors (Lipinski definition) is 2. The molecule has 0 aliphatic heterocycles. The van der Waals surface area contributed by atoms with E-state index in [1.165, 1.54) is 6.92 Å². The van der Waals surface area contributed by atoms with Crippen molar-refractivity contribution in [1.29, 1.82) is 0 Å².